The Hall–Kier alpha value is -2.83. The molecule has 114 valence electrons. The molecule has 0 saturated carbocycles. The maximum Gasteiger partial charge on any atom is 0.337 e. The zero-order valence-electron chi connectivity index (χ0n) is 11.9. The lowest BCUT2D eigenvalue weighted by atomic mass is 10.0. The highest BCUT2D eigenvalue weighted by Crippen LogP contribution is 2.32. The summed E-state index contributed by atoms with van der Waals surface area (Å²) in [5.74, 6) is -2.55. The molecule has 0 aliphatic carbocycles. The molecular weight excluding hydrogens is 288 g/mol. The lowest BCUT2D eigenvalue weighted by Gasteiger charge is -2.24. The van der Waals surface area contributed by atoms with Crippen molar-refractivity contribution < 1.29 is 24.6 Å². The van der Waals surface area contributed by atoms with E-state index in [0.717, 1.165) is 5.56 Å². The number of amides is 1. The number of likely N-dealkylation sites (N-methyl/N-ethyl adjacent to an activating group) is 1. The third-order valence-corrected chi connectivity index (χ3v) is 3.96. The Kier molecular flexibility index (Phi) is 3.13. The van der Waals surface area contributed by atoms with Crippen molar-refractivity contribution in [3.63, 3.8) is 0 Å². The summed E-state index contributed by atoms with van der Waals surface area (Å²) in [6.07, 6.45) is 0.573. The van der Waals surface area contributed by atoms with E-state index in [4.69, 9.17) is 5.11 Å². The van der Waals surface area contributed by atoms with Crippen molar-refractivity contribution in [2.45, 2.75) is 13.0 Å². The van der Waals surface area contributed by atoms with Crippen LogP contribution >= 0.6 is 0 Å². The van der Waals surface area contributed by atoms with Crippen LogP contribution in [-0.4, -0.2) is 51.1 Å². The van der Waals surface area contributed by atoms with Crippen LogP contribution in [0.2, 0.25) is 0 Å². The molecule has 0 radical (unpaired) electrons. The predicted molar refractivity (Wildman–Crippen MR) is 77.2 cm³/mol. The van der Waals surface area contributed by atoms with Crippen molar-refractivity contribution in [3.8, 4) is 0 Å². The van der Waals surface area contributed by atoms with Gasteiger partial charge in [0, 0.05) is 19.0 Å². The Bertz CT molecular complexity index is 821. The molecule has 1 aliphatic heterocycles. The fourth-order valence-electron chi connectivity index (χ4n) is 3.01. The highest BCUT2D eigenvalue weighted by atomic mass is 16.4. The van der Waals surface area contributed by atoms with Gasteiger partial charge in [-0.25, -0.2) is 4.79 Å². The fraction of sp³-hybridized carbons (Fsp3) is 0.267. The van der Waals surface area contributed by atoms with E-state index in [9.17, 15) is 19.5 Å². The highest BCUT2D eigenvalue weighted by Gasteiger charge is 2.31. The Morgan fingerprint density at radius 3 is 2.64 bits per heavy atom. The monoisotopic (exact) mass is 302 g/mol. The molecule has 0 atom stereocenters. The number of aromatic carboxylic acids is 1. The molecule has 3 rings (SSSR count). The number of carboxylic acid groups (broad SMARTS) is 2. The number of carbonyl (C=O) groups excluding carboxylic acids is 1. The summed E-state index contributed by atoms with van der Waals surface area (Å²) in [5, 5.41) is 19.1. The number of fused-ring (bicyclic) bond motifs is 3. The Morgan fingerprint density at radius 2 is 2.00 bits per heavy atom. The van der Waals surface area contributed by atoms with Gasteiger partial charge in [0.05, 0.1) is 11.1 Å². The van der Waals surface area contributed by atoms with Gasteiger partial charge >= 0.3 is 11.9 Å². The average Bonchev–Trinajstić information content (AvgIpc) is 2.77. The van der Waals surface area contributed by atoms with Gasteiger partial charge in [-0.1, -0.05) is 12.1 Å². The third kappa shape index (κ3) is 1.93. The largest absolute Gasteiger partial charge is 0.480 e. The van der Waals surface area contributed by atoms with Crippen LogP contribution in [0.4, 0.5) is 0 Å². The van der Waals surface area contributed by atoms with Crippen LogP contribution in [0.3, 0.4) is 0 Å². The molecule has 0 unspecified atom stereocenters. The lowest BCUT2D eigenvalue weighted by molar-refractivity contribution is -0.137. The minimum Gasteiger partial charge on any atom is -0.480 e. The van der Waals surface area contributed by atoms with Crippen molar-refractivity contribution in [2.75, 3.05) is 13.6 Å². The summed E-state index contributed by atoms with van der Waals surface area (Å²) in [5.41, 5.74) is 1.30. The van der Waals surface area contributed by atoms with Crippen LogP contribution in [0.15, 0.2) is 18.2 Å². The van der Waals surface area contributed by atoms with Crippen molar-refractivity contribution in [3.05, 3.63) is 35.0 Å². The lowest BCUT2D eigenvalue weighted by Crippen LogP contribution is -2.35. The van der Waals surface area contributed by atoms with Crippen molar-refractivity contribution in [1.82, 2.24) is 9.47 Å². The number of para-hydroxylation sites is 1. The molecule has 2 N–H and O–H groups in total. The van der Waals surface area contributed by atoms with E-state index < -0.39 is 18.5 Å². The second-order valence-electron chi connectivity index (χ2n) is 5.29. The number of rotatable bonds is 3. The van der Waals surface area contributed by atoms with E-state index in [1.807, 2.05) is 0 Å². The third-order valence-electron chi connectivity index (χ3n) is 3.96. The molecule has 1 aliphatic rings. The van der Waals surface area contributed by atoms with Crippen LogP contribution in [0.1, 0.15) is 26.4 Å². The summed E-state index contributed by atoms with van der Waals surface area (Å²) in [7, 11) is 1.64. The second-order valence-corrected chi connectivity index (χ2v) is 5.29. The van der Waals surface area contributed by atoms with Gasteiger partial charge in [0.25, 0.3) is 5.91 Å². The molecule has 1 aromatic carbocycles. The van der Waals surface area contributed by atoms with E-state index >= 15 is 0 Å². The van der Waals surface area contributed by atoms with Crippen molar-refractivity contribution in [2.24, 2.45) is 0 Å². The van der Waals surface area contributed by atoms with Crippen LogP contribution < -0.4 is 0 Å². The highest BCUT2D eigenvalue weighted by molar-refractivity contribution is 6.09. The Labute approximate surface area is 125 Å². The molecule has 7 heteroatoms. The van der Waals surface area contributed by atoms with Crippen molar-refractivity contribution >= 4 is 28.7 Å². The number of hydrogen-bond donors (Lipinski definition) is 2. The van der Waals surface area contributed by atoms with Crippen LogP contribution in [0.25, 0.3) is 10.9 Å². The maximum absolute atomic E-state index is 12.4. The molecule has 2 heterocycles. The van der Waals surface area contributed by atoms with Crippen LogP contribution in [-0.2, 0) is 17.8 Å². The number of aromatic nitrogens is 1. The zero-order chi connectivity index (χ0) is 16.0. The summed E-state index contributed by atoms with van der Waals surface area (Å²) in [6, 6.07) is 4.76. The van der Waals surface area contributed by atoms with Crippen LogP contribution in [0.5, 0.6) is 0 Å². The molecule has 0 bridgehead atoms. The molecule has 0 saturated heterocycles. The first kappa shape index (κ1) is 14.1. The molecule has 22 heavy (non-hydrogen) atoms. The number of carbonyl (C=O) groups is 3. The van der Waals surface area contributed by atoms with Gasteiger partial charge in [0.1, 0.15) is 12.2 Å². The summed E-state index contributed by atoms with van der Waals surface area (Å²) < 4.78 is 1.31. The van der Waals surface area contributed by atoms with E-state index in [2.05, 4.69) is 0 Å². The average molecular weight is 302 g/mol. The quantitative estimate of drug-likeness (QED) is 0.883. The summed E-state index contributed by atoms with van der Waals surface area (Å²) in [6.45, 7) is 0.0744. The standard InChI is InChI=1S/C15H14N2O5/c1-16-6-5-9-8-3-2-4-10(15(21)22)12(8)17(7-11(18)19)13(9)14(16)20/h2-4H,5-7H2,1H3,(H,18,19)(H,21,22). The van der Waals surface area contributed by atoms with Gasteiger partial charge in [-0.2, -0.15) is 0 Å². The van der Waals surface area contributed by atoms with Gasteiger partial charge in [-0.05, 0) is 18.1 Å². The number of aliphatic carboxylic acids is 1. The second kappa shape index (κ2) is 4.87. The molecule has 2 aromatic rings. The first-order valence-electron chi connectivity index (χ1n) is 6.76. The number of benzene rings is 1. The van der Waals surface area contributed by atoms with Gasteiger partial charge in [0.15, 0.2) is 0 Å². The van der Waals surface area contributed by atoms with E-state index in [0.29, 0.717) is 23.9 Å². The first-order chi connectivity index (χ1) is 10.4. The summed E-state index contributed by atoms with van der Waals surface area (Å²) in [4.78, 5) is 36.6. The van der Waals surface area contributed by atoms with Gasteiger partial charge in [-0.3, -0.25) is 9.59 Å². The maximum atomic E-state index is 12.4. The first-order valence-corrected chi connectivity index (χ1v) is 6.76. The molecule has 0 fully saturated rings. The van der Waals surface area contributed by atoms with E-state index in [1.54, 1.807) is 19.2 Å². The SMILES string of the molecule is CN1CCc2c(n(CC(=O)O)c3c(C(=O)O)cccc23)C1=O. The Morgan fingerprint density at radius 1 is 1.27 bits per heavy atom. The molecular formula is C15H14N2O5. The zero-order valence-corrected chi connectivity index (χ0v) is 11.9. The topological polar surface area (TPSA) is 99.8 Å². The number of carboxylic acids is 2. The summed E-state index contributed by atoms with van der Waals surface area (Å²) >= 11 is 0. The van der Waals surface area contributed by atoms with Crippen molar-refractivity contribution in [1.29, 1.82) is 0 Å². The normalized spacial score (nSPS) is 14.2. The molecule has 7 nitrogen and oxygen atoms in total. The van der Waals surface area contributed by atoms with Crippen LogP contribution in [0, 0.1) is 0 Å². The van der Waals surface area contributed by atoms with E-state index in [-0.39, 0.29) is 17.2 Å². The van der Waals surface area contributed by atoms with Gasteiger partial charge < -0.3 is 19.7 Å². The Balaban J connectivity index is 2.42. The van der Waals surface area contributed by atoms with E-state index in [1.165, 1.54) is 15.5 Å². The van der Waals surface area contributed by atoms with Gasteiger partial charge in [0.2, 0.25) is 0 Å². The minimum atomic E-state index is -1.15. The molecule has 1 amide bonds. The fourth-order valence-corrected chi connectivity index (χ4v) is 3.01. The number of hydrogen-bond acceptors (Lipinski definition) is 3. The predicted octanol–water partition coefficient (Wildman–Crippen LogP) is 1.05. The smallest absolute Gasteiger partial charge is 0.337 e. The minimum absolute atomic E-state index is 0.00334. The van der Waals surface area contributed by atoms with Gasteiger partial charge in [-0.15, -0.1) is 0 Å². The molecule has 1 aromatic heterocycles. The molecule has 0 spiro atoms. The number of nitrogens with zero attached hydrogens (tertiary/aromatic N) is 2.